The van der Waals surface area contributed by atoms with Crippen LogP contribution in [0.25, 0.3) is 0 Å². The first-order chi connectivity index (χ1) is 11.7. The summed E-state index contributed by atoms with van der Waals surface area (Å²) in [6, 6.07) is 4.66. The summed E-state index contributed by atoms with van der Waals surface area (Å²) in [4.78, 5) is 12.2. The Morgan fingerprint density at radius 3 is 2.52 bits per heavy atom. The quantitative estimate of drug-likeness (QED) is 0.846. The number of hydrogen-bond donors (Lipinski definition) is 1. The fourth-order valence-corrected chi connectivity index (χ4v) is 2.39. The molecular formula is C16H19F3N2O4. The van der Waals surface area contributed by atoms with Crippen molar-refractivity contribution in [1.29, 1.82) is 0 Å². The van der Waals surface area contributed by atoms with Crippen molar-refractivity contribution in [1.82, 2.24) is 5.01 Å². The molecule has 1 heterocycles. The van der Waals surface area contributed by atoms with Crippen molar-refractivity contribution >= 4 is 12.1 Å². The third-order valence-corrected chi connectivity index (χ3v) is 3.58. The van der Waals surface area contributed by atoms with Gasteiger partial charge in [0.2, 0.25) is 5.91 Å². The zero-order valence-corrected chi connectivity index (χ0v) is 13.8. The maximum absolute atomic E-state index is 13.0. The first kappa shape index (κ1) is 19.0. The lowest BCUT2D eigenvalue weighted by Crippen LogP contribution is -2.56. The fourth-order valence-electron chi connectivity index (χ4n) is 2.39. The smallest absolute Gasteiger partial charge is 0.438 e. The lowest BCUT2D eigenvalue weighted by molar-refractivity contribution is -0.302. The van der Waals surface area contributed by atoms with Crippen LogP contribution in [0.15, 0.2) is 23.3 Å². The van der Waals surface area contributed by atoms with Crippen LogP contribution in [-0.4, -0.2) is 47.4 Å². The zero-order chi connectivity index (χ0) is 18.7. The number of alkyl halides is 3. The third kappa shape index (κ3) is 3.87. The van der Waals surface area contributed by atoms with Crippen LogP contribution in [0.2, 0.25) is 0 Å². The van der Waals surface area contributed by atoms with Crippen LogP contribution in [0.4, 0.5) is 13.2 Å². The van der Waals surface area contributed by atoms with Crippen molar-refractivity contribution < 1.29 is 32.5 Å². The summed E-state index contributed by atoms with van der Waals surface area (Å²) in [5.74, 6) is -0.0996. The molecule has 1 aromatic carbocycles. The standard InChI is InChI=1S/C16H19F3N2O4/c1-3-24-12-6-5-11(9-13(12)25-4-2)10-14(22)21-15(23,7-8-20-21)16(17,18)19/h5-6,8-9,23H,3-4,7,10H2,1-2H3/t15-/m0/s1. The number of amides is 1. The van der Waals surface area contributed by atoms with Crippen molar-refractivity contribution in [3.8, 4) is 11.5 Å². The molecule has 0 radical (unpaired) electrons. The molecule has 138 valence electrons. The highest BCUT2D eigenvalue weighted by Gasteiger charge is 2.61. The number of hydrogen-bond acceptors (Lipinski definition) is 5. The van der Waals surface area contributed by atoms with Gasteiger partial charge in [-0.2, -0.15) is 23.3 Å². The van der Waals surface area contributed by atoms with E-state index in [1.54, 1.807) is 26.0 Å². The Morgan fingerprint density at radius 2 is 1.92 bits per heavy atom. The average molecular weight is 360 g/mol. The largest absolute Gasteiger partial charge is 0.490 e. The lowest BCUT2D eigenvalue weighted by atomic mass is 10.1. The van der Waals surface area contributed by atoms with Crippen LogP contribution < -0.4 is 9.47 Å². The van der Waals surface area contributed by atoms with E-state index in [0.717, 1.165) is 6.21 Å². The Kier molecular flexibility index (Phi) is 5.56. The number of ether oxygens (including phenoxy) is 2. The Labute approximate surface area is 142 Å². The minimum absolute atomic E-state index is 0.0871. The molecule has 6 nitrogen and oxygen atoms in total. The highest BCUT2D eigenvalue weighted by Crippen LogP contribution is 2.39. The molecule has 1 amide bonds. The number of benzene rings is 1. The van der Waals surface area contributed by atoms with Crippen LogP contribution in [0.1, 0.15) is 25.8 Å². The van der Waals surface area contributed by atoms with E-state index in [2.05, 4.69) is 5.10 Å². The van der Waals surface area contributed by atoms with Gasteiger partial charge in [-0.15, -0.1) is 0 Å². The van der Waals surface area contributed by atoms with Gasteiger partial charge < -0.3 is 14.6 Å². The molecule has 9 heteroatoms. The summed E-state index contributed by atoms with van der Waals surface area (Å²) in [6.07, 6.45) is -5.30. The van der Waals surface area contributed by atoms with Gasteiger partial charge in [-0.1, -0.05) is 6.07 Å². The van der Waals surface area contributed by atoms with Crippen molar-refractivity contribution in [2.24, 2.45) is 5.10 Å². The molecule has 1 aliphatic rings. The summed E-state index contributed by atoms with van der Waals surface area (Å²) < 4.78 is 49.9. The molecule has 0 aromatic heterocycles. The van der Waals surface area contributed by atoms with Crippen molar-refractivity contribution in [2.75, 3.05) is 13.2 Å². The van der Waals surface area contributed by atoms with Crippen molar-refractivity contribution in [3.63, 3.8) is 0 Å². The molecule has 1 aromatic rings. The molecule has 0 saturated heterocycles. The Morgan fingerprint density at radius 1 is 1.28 bits per heavy atom. The predicted molar refractivity (Wildman–Crippen MR) is 83.4 cm³/mol. The molecule has 0 spiro atoms. The number of aliphatic hydroxyl groups is 1. The van der Waals surface area contributed by atoms with E-state index in [9.17, 15) is 23.1 Å². The molecule has 0 fully saturated rings. The topological polar surface area (TPSA) is 71.4 Å². The fraction of sp³-hybridized carbons (Fsp3) is 0.500. The van der Waals surface area contributed by atoms with Gasteiger partial charge in [-0.05, 0) is 31.5 Å². The Balaban J connectivity index is 2.20. The average Bonchev–Trinajstić information content (AvgIpc) is 2.93. The van der Waals surface area contributed by atoms with Crippen molar-refractivity contribution in [2.45, 2.75) is 38.6 Å². The van der Waals surface area contributed by atoms with Crippen LogP contribution in [0.3, 0.4) is 0 Å². The Hall–Kier alpha value is -2.29. The number of carbonyl (C=O) groups is 1. The zero-order valence-electron chi connectivity index (χ0n) is 13.8. The number of carbonyl (C=O) groups excluding carboxylic acids is 1. The van der Waals surface area contributed by atoms with Crippen LogP contribution in [0.5, 0.6) is 11.5 Å². The van der Waals surface area contributed by atoms with Crippen molar-refractivity contribution in [3.05, 3.63) is 23.8 Å². The molecule has 0 unspecified atom stereocenters. The molecular weight excluding hydrogens is 341 g/mol. The maximum Gasteiger partial charge on any atom is 0.438 e. The number of nitrogens with zero attached hydrogens (tertiary/aromatic N) is 2. The number of hydrazone groups is 1. The molecule has 1 atom stereocenters. The van der Waals surface area contributed by atoms with Gasteiger partial charge in [-0.25, -0.2) is 0 Å². The van der Waals surface area contributed by atoms with E-state index in [-0.39, 0.29) is 11.4 Å². The molecule has 2 rings (SSSR count). The summed E-state index contributed by atoms with van der Waals surface area (Å²) in [6.45, 7) is 4.35. The minimum atomic E-state index is -5.01. The van der Waals surface area contributed by atoms with E-state index >= 15 is 0 Å². The van der Waals surface area contributed by atoms with Crippen LogP contribution >= 0.6 is 0 Å². The lowest BCUT2D eigenvalue weighted by Gasteiger charge is -2.32. The molecule has 0 saturated carbocycles. The molecule has 1 aliphatic heterocycles. The highest BCUT2D eigenvalue weighted by atomic mass is 19.4. The Bertz CT molecular complexity index is 663. The normalized spacial score (nSPS) is 20.0. The second kappa shape index (κ2) is 7.30. The third-order valence-electron chi connectivity index (χ3n) is 3.58. The molecule has 0 bridgehead atoms. The molecule has 25 heavy (non-hydrogen) atoms. The van der Waals surface area contributed by atoms with Gasteiger partial charge in [-0.3, -0.25) is 4.79 Å². The number of rotatable bonds is 6. The van der Waals surface area contributed by atoms with Gasteiger partial charge in [0.25, 0.3) is 5.72 Å². The minimum Gasteiger partial charge on any atom is -0.490 e. The van der Waals surface area contributed by atoms with Gasteiger partial charge in [0.1, 0.15) is 0 Å². The first-order valence-electron chi connectivity index (χ1n) is 7.76. The summed E-state index contributed by atoms with van der Waals surface area (Å²) in [7, 11) is 0. The van der Waals surface area contributed by atoms with Crippen LogP contribution in [0, 0.1) is 0 Å². The van der Waals surface area contributed by atoms with E-state index < -0.39 is 24.2 Å². The maximum atomic E-state index is 13.0. The van der Waals surface area contributed by atoms with Gasteiger partial charge in [0.15, 0.2) is 11.5 Å². The monoisotopic (exact) mass is 360 g/mol. The molecule has 1 N–H and O–H groups in total. The second-order valence-corrected chi connectivity index (χ2v) is 5.35. The highest BCUT2D eigenvalue weighted by molar-refractivity contribution is 5.82. The first-order valence-corrected chi connectivity index (χ1v) is 7.76. The summed E-state index contributed by atoms with van der Waals surface area (Å²) >= 11 is 0. The van der Waals surface area contributed by atoms with E-state index in [1.165, 1.54) is 6.07 Å². The summed E-state index contributed by atoms with van der Waals surface area (Å²) in [5, 5.41) is 13.3. The van der Waals surface area contributed by atoms with E-state index in [0.29, 0.717) is 30.3 Å². The van der Waals surface area contributed by atoms with Gasteiger partial charge >= 0.3 is 6.18 Å². The molecule has 0 aliphatic carbocycles. The van der Waals surface area contributed by atoms with Crippen LogP contribution in [-0.2, 0) is 11.2 Å². The summed E-state index contributed by atoms with van der Waals surface area (Å²) in [5.41, 5.74) is -2.89. The van der Waals surface area contributed by atoms with Gasteiger partial charge in [0, 0.05) is 12.6 Å². The van der Waals surface area contributed by atoms with E-state index in [1.807, 2.05) is 0 Å². The van der Waals surface area contributed by atoms with Gasteiger partial charge in [0.05, 0.1) is 19.6 Å². The predicted octanol–water partition coefficient (Wildman–Crippen LogP) is 2.50. The van der Waals surface area contributed by atoms with E-state index in [4.69, 9.17) is 9.47 Å². The SMILES string of the molecule is CCOc1ccc(CC(=O)N2N=CC[C@]2(O)C(F)(F)F)cc1OCC. The number of halogens is 3. The second-order valence-electron chi connectivity index (χ2n) is 5.35.